The molecule has 21 heteroatoms. The van der Waals surface area contributed by atoms with Crippen LogP contribution in [0.5, 0.6) is 34.5 Å². The Labute approximate surface area is 297 Å². The van der Waals surface area contributed by atoms with Gasteiger partial charge in [0.05, 0.1) is 31.5 Å². The Bertz CT molecular complexity index is 1730. The van der Waals surface area contributed by atoms with Crippen molar-refractivity contribution in [2.75, 3.05) is 19.8 Å². The van der Waals surface area contributed by atoms with Crippen LogP contribution in [0.2, 0.25) is 0 Å². The van der Waals surface area contributed by atoms with E-state index in [2.05, 4.69) is 0 Å². The van der Waals surface area contributed by atoms with Gasteiger partial charge in [0, 0.05) is 24.3 Å². The van der Waals surface area contributed by atoms with Gasteiger partial charge in [-0.25, -0.2) is 4.42 Å². The van der Waals surface area contributed by atoms with Crippen LogP contribution in [0.3, 0.4) is 0 Å². The van der Waals surface area contributed by atoms with Crippen molar-refractivity contribution in [2.24, 2.45) is 0 Å². The second kappa shape index (κ2) is 15.4. The van der Waals surface area contributed by atoms with Crippen LogP contribution in [0.25, 0.3) is 22.3 Å². The Morgan fingerprint density at radius 1 is 0.623 bits per heavy atom. The summed E-state index contributed by atoms with van der Waals surface area (Å²) in [5.41, 5.74) is -0.378. The average molecular weight is 760 g/mol. The third kappa shape index (κ3) is 7.45. The van der Waals surface area contributed by atoms with E-state index in [4.69, 9.17) is 32.8 Å². The Hall–Kier alpha value is -3.91. The summed E-state index contributed by atoms with van der Waals surface area (Å²) in [6.45, 7) is -2.15. The summed E-state index contributed by atoms with van der Waals surface area (Å²) in [5, 5.41) is 144. The predicted molar refractivity (Wildman–Crippen MR) is 168 cm³/mol. The highest BCUT2D eigenvalue weighted by Gasteiger charge is 2.51. The maximum atomic E-state index is 11.1. The number of aliphatic hydroxyl groups excluding tert-OH is 10. The molecule has 0 spiro atoms. The third-order valence-corrected chi connectivity index (χ3v) is 9.04. The lowest BCUT2D eigenvalue weighted by Gasteiger charge is -2.44. The molecule has 21 nitrogen and oxygen atoms in total. The van der Waals surface area contributed by atoms with Gasteiger partial charge < -0.3 is 99.9 Å². The van der Waals surface area contributed by atoms with E-state index in [1.54, 1.807) is 0 Å². The van der Waals surface area contributed by atoms with Crippen molar-refractivity contribution in [1.29, 1.82) is 0 Å². The van der Waals surface area contributed by atoms with Crippen molar-refractivity contribution in [3.05, 3.63) is 30.3 Å². The topological polar surface area (TPSA) is 350 Å². The number of ether oxygens (including phenoxy) is 6. The summed E-state index contributed by atoms with van der Waals surface area (Å²) in [6.07, 6.45) is -24.3. The molecule has 0 bridgehead atoms. The molecule has 14 atom stereocenters. The molecular formula is C32H39O21+. The molecular weight excluding hydrogens is 720 g/mol. The van der Waals surface area contributed by atoms with Crippen LogP contribution >= 0.6 is 0 Å². The van der Waals surface area contributed by atoms with Crippen molar-refractivity contribution in [3.63, 3.8) is 0 Å². The Balaban J connectivity index is 1.45. The molecule has 2 aromatic carbocycles. The molecule has 0 aliphatic carbocycles. The maximum Gasteiger partial charge on any atom is 0.402 e. The number of phenols is 4. The normalized spacial score (nSPS) is 36.3. The molecule has 3 saturated heterocycles. The van der Waals surface area contributed by atoms with E-state index in [-0.39, 0.29) is 28.0 Å². The molecule has 4 heterocycles. The van der Waals surface area contributed by atoms with Gasteiger partial charge in [-0.1, -0.05) is 0 Å². The number of hydrogen-bond donors (Lipinski definition) is 14. The third-order valence-electron chi connectivity index (χ3n) is 9.04. The summed E-state index contributed by atoms with van der Waals surface area (Å²) in [7, 11) is 0. The van der Waals surface area contributed by atoms with E-state index in [0.29, 0.717) is 0 Å². The van der Waals surface area contributed by atoms with Crippen LogP contribution < -0.4 is 9.47 Å². The SMILES string of the molecule is OC[C@H]1O[C@@H](Oc2cc(O)cc3[o+]c(-c4cc(O)c(O)c(O)c4)c(O[C@@H]4O[C@H](CO)[C@@H](O)[C@H](O)[C@H]4O[C@@H]4OC[C@@H](O)[C@H](O)[C@H]4O)cc23)[C@H](O)[C@@H](O)[C@@H]1O. The first-order valence-corrected chi connectivity index (χ1v) is 16.1. The number of phenolic OH excluding ortho intramolecular Hbond substituents is 4. The number of aromatic hydroxyl groups is 4. The van der Waals surface area contributed by atoms with Gasteiger partial charge in [-0.15, -0.1) is 0 Å². The largest absolute Gasteiger partial charge is 0.507 e. The minimum Gasteiger partial charge on any atom is -0.507 e. The zero-order valence-electron chi connectivity index (χ0n) is 27.2. The number of hydrogen-bond acceptors (Lipinski definition) is 20. The summed E-state index contributed by atoms with van der Waals surface area (Å²) < 4.78 is 40.1. The van der Waals surface area contributed by atoms with Crippen molar-refractivity contribution in [1.82, 2.24) is 0 Å². The predicted octanol–water partition coefficient (Wildman–Crippen LogP) is -3.98. The summed E-state index contributed by atoms with van der Waals surface area (Å²) in [4.78, 5) is 0. The fourth-order valence-electron chi connectivity index (χ4n) is 6.06. The van der Waals surface area contributed by atoms with Gasteiger partial charge in [-0.3, -0.25) is 0 Å². The van der Waals surface area contributed by atoms with Crippen LogP contribution in [0.15, 0.2) is 34.7 Å². The minimum atomic E-state index is -1.93. The van der Waals surface area contributed by atoms with Crippen molar-refractivity contribution < 1.29 is 104 Å². The van der Waals surface area contributed by atoms with E-state index in [1.165, 1.54) is 6.07 Å². The first kappa shape index (κ1) is 38.8. The Morgan fingerprint density at radius 2 is 1.21 bits per heavy atom. The van der Waals surface area contributed by atoms with Crippen molar-refractivity contribution in [2.45, 2.75) is 86.0 Å². The van der Waals surface area contributed by atoms with E-state index < -0.39 is 135 Å². The molecule has 0 amide bonds. The fourth-order valence-corrected chi connectivity index (χ4v) is 6.06. The number of rotatable bonds is 9. The van der Waals surface area contributed by atoms with Crippen LogP contribution in [-0.2, 0) is 18.9 Å². The first-order valence-electron chi connectivity index (χ1n) is 16.1. The minimum absolute atomic E-state index is 0.0820. The molecule has 292 valence electrons. The van der Waals surface area contributed by atoms with Crippen molar-refractivity contribution in [3.8, 4) is 45.8 Å². The standard InChI is InChI=1S/C32H38O21/c33-6-18-22(41)24(43)27(46)31(51-18)49-16-4-10(35)3-15-11(16)5-17(28(48-15)9-1-12(36)20(39)13(37)2-9)50-32-29(25(44)23(42)19(7-34)52-32)53-30-26(45)21(40)14(38)8-47-30/h1-5,14,18-19,21-27,29-34,38,40-46H,6-8H2,(H3-,35,36,37,39)/p+1/t14-,18-,19-,21+,22-,23-,24+,25+,26-,27-,29-,30+,31-,32-/m1/s1. The molecule has 0 unspecified atom stereocenters. The van der Waals surface area contributed by atoms with E-state index >= 15 is 0 Å². The lowest BCUT2D eigenvalue weighted by Crippen LogP contribution is -2.63. The first-order chi connectivity index (χ1) is 25.1. The molecule has 3 aliphatic heterocycles. The second-order valence-corrected chi connectivity index (χ2v) is 12.6. The van der Waals surface area contributed by atoms with Crippen LogP contribution in [0, 0.1) is 0 Å². The monoisotopic (exact) mass is 759 g/mol. The quantitative estimate of drug-likeness (QED) is 0.0730. The Morgan fingerprint density at radius 3 is 1.85 bits per heavy atom. The highest BCUT2D eigenvalue weighted by Crippen LogP contribution is 2.45. The lowest BCUT2D eigenvalue weighted by atomic mass is 9.98. The molecule has 0 radical (unpaired) electrons. The molecule has 14 N–H and O–H groups in total. The summed E-state index contributed by atoms with van der Waals surface area (Å²) >= 11 is 0. The zero-order chi connectivity index (χ0) is 38.5. The lowest BCUT2D eigenvalue weighted by molar-refractivity contribution is -0.344. The van der Waals surface area contributed by atoms with Gasteiger partial charge >= 0.3 is 11.3 Å². The van der Waals surface area contributed by atoms with E-state index in [0.717, 1.165) is 24.3 Å². The maximum absolute atomic E-state index is 11.1. The van der Waals surface area contributed by atoms with Gasteiger partial charge in [0.25, 0.3) is 0 Å². The van der Waals surface area contributed by atoms with Crippen molar-refractivity contribution >= 4 is 11.0 Å². The smallest absolute Gasteiger partial charge is 0.402 e. The zero-order valence-corrected chi connectivity index (χ0v) is 27.2. The highest BCUT2D eigenvalue weighted by atomic mass is 16.8. The molecule has 53 heavy (non-hydrogen) atoms. The fraction of sp³-hybridized carbons (Fsp3) is 0.531. The molecule has 3 aliphatic rings. The Kier molecular flexibility index (Phi) is 11.3. The summed E-state index contributed by atoms with van der Waals surface area (Å²) in [6, 6.07) is 5.20. The van der Waals surface area contributed by atoms with Crippen LogP contribution in [0.4, 0.5) is 0 Å². The summed E-state index contributed by atoms with van der Waals surface area (Å²) in [5.74, 6) is -4.11. The average Bonchev–Trinajstić information content (AvgIpc) is 3.13. The van der Waals surface area contributed by atoms with Gasteiger partial charge in [0.2, 0.25) is 18.3 Å². The molecule has 3 fully saturated rings. The van der Waals surface area contributed by atoms with Gasteiger partial charge in [0.15, 0.2) is 29.6 Å². The van der Waals surface area contributed by atoms with Gasteiger partial charge in [0.1, 0.15) is 77.9 Å². The molecule has 3 aromatic rings. The van der Waals surface area contributed by atoms with Crippen LogP contribution in [-0.4, -0.2) is 177 Å². The van der Waals surface area contributed by atoms with E-state index in [1.807, 2.05) is 0 Å². The van der Waals surface area contributed by atoms with Gasteiger partial charge in [-0.05, 0) is 0 Å². The number of benzene rings is 2. The van der Waals surface area contributed by atoms with Crippen LogP contribution in [0.1, 0.15) is 0 Å². The number of aliphatic hydroxyl groups is 10. The van der Waals surface area contributed by atoms with E-state index in [9.17, 15) is 71.5 Å². The molecule has 6 rings (SSSR count). The molecule has 1 aromatic heterocycles. The molecule has 0 saturated carbocycles. The number of fused-ring (bicyclic) bond motifs is 1. The highest BCUT2D eigenvalue weighted by molar-refractivity contribution is 5.89. The second-order valence-electron chi connectivity index (χ2n) is 12.6. The van der Waals surface area contributed by atoms with Gasteiger partial charge in [-0.2, -0.15) is 0 Å².